The average Bonchev–Trinajstić information content (AvgIpc) is 2.21. The number of hydrogen-bond acceptors (Lipinski definition) is 3. The van der Waals surface area contributed by atoms with Crippen LogP contribution in [0.4, 0.5) is 0 Å². The summed E-state index contributed by atoms with van der Waals surface area (Å²) >= 11 is 0. The maximum atomic E-state index is 5.64. The first-order valence-electron chi connectivity index (χ1n) is 5.05. The highest BCUT2D eigenvalue weighted by atomic mass is 16.5. The van der Waals surface area contributed by atoms with Crippen LogP contribution < -0.4 is 10.6 Å². The highest BCUT2D eigenvalue weighted by molar-refractivity contribution is 4.80. The van der Waals surface area contributed by atoms with Crippen LogP contribution in [-0.4, -0.2) is 32.0 Å². The fourth-order valence-corrected chi connectivity index (χ4v) is 1.98. The van der Waals surface area contributed by atoms with Crippen LogP contribution in [0.1, 0.15) is 25.7 Å². The van der Waals surface area contributed by atoms with Crippen molar-refractivity contribution in [3.05, 3.63) is 0 Å². The quantitative estimate of drug-likeness (QED) is 0.600. The maximum Gasteiger partial charge on any atom is 0.123 e. The lowest BCUT2D eigenvalue weighted by atomic mass is 10.0. The minimum atomic E-state index is 0.277. The van der Waals surface area contributed by atoms with Gasteiger partial charge in [-0.1, -0.05) is 6.42 Å². The summed E-state index contributed by atoms with van der Waals surface area (Å²) in [5, 5.41) is 6.91. The van der Waals surface area contributed by atoms with Gasteiger partial charge in [0.15, 0.2) is 0 Å². The molecular formula is C9H18N2O. The van der Waals surface area contributed by atoms with Crippen molar-refractivity contribution in [1.82, 2.24) is 10.6 Å². The summed E-state index contributed by atoms with van der Waals surface area (Å²) in [6.45, 7) is 3.20. The molecule has 12 heavy (non-hydrogen) atoms. The van der Waals surface area contributed by atoms with Gasteiger partial charge >= 0.3 is 0 Å². The molecule has 0 aromatic rings. The minimum absolute atomic E-state index is 0.277. The van der Waals surface area contributed by atoms with Crippen LogP contribution in [-0.2, 0) is 4.74 Å². The predicted molar refractivity (Wildman–Crippen MR) is 48.0 cm³/mol. The summed E-state index contributed by atoms with van der Waals surface area (Å²) in [4.78, 5) is 0. The molecule has 0 saturated carbocycles. The number of hydrogen-bond donors (Lipinski definition) is 2. The second kappa shape index (κ2) is 4.21. The van der Waals surface area contributed by atoms with Crippen molar-refractivity contribution in [3.8, 4) is 0 Å². The Morgan fingerprint density at radius 2 is 1.92 bits per heavy atom. The van der Waals surface area contributed by atoms with Crippen LogP contribution >= 0.6 is 0 Å². The Kier molecular flexibility index (Phi) is 2.98. The van der Waals surface area contributed by atoms with Gasteiger partial charge in [-0.15, -0.1) is 0 Å². The van der Waals surface area contributed by atoms with Crippen LogP contribution in [0.25, 0.3) is 0 Å². The first-order chi connectivity index (χ1) is 5.97. The maximum absolute atomic E-state index is 5.64. The van der Waals surface area contributed by atoms with Gasteiger partial charge in [-0.05, 0) is 32.4 Å². The number of piperidine rings is 1. The first kappa shape index (κ1) is 8.48. The molecule has 2 N–H and O–H groups in total. The molecule has 70 valence electrons. The summed E-state index contributed by atoms with van der Waals surface area (Å²) in [6, 6.07) is 0.555. The normalized spacial score (nSPS) is 38.0. The van der Waals surface area contributed by atoms with E-state index in [9.17, 15) is 0 Å². The Morgan fingerprint density at radius 1 is 1.00 bits per heavy atom. The van der Waals surface area contributed by atoms with Crippen LogP contribution in [0.3, 0.4) is 0 Å². The Labute approximate surface area is 73.9 Å². The van der Waals surface area contributed by atoms with Crippen LogP contribution in [0.5, 0.6) is 0 Å². The fourth-order valence-electron chi connectivity index (χ4n) is 1.98. The molecule has 2 unspecified atom stereocenters. The van der Waals surface area contributed by atoms with E-state index >= 15 is 0 Å². The molecule has 0 aromatic heterocycles. The topological polar surface area (TPSA) is 33.3 Å². The third-order valence-corrected chi connectivity index (χ3v) is 2.68. The smallest absolute Gasteiger partial charge is 0.123 e. The van der Waals surface area contributed by atoms with Gasteiger partial charge in [0, 0.05) is 12.6 Å². The largest absolute Gasteiger partial charge is 0.362 e. The molecule has 2 heterocycles. The molecule has 0 amide bonds. The third-order valence-electron chi connectivity index (χ3n) is 2.68. The molecule has 0 spiro atoms. The molecule has 0 aromatic carbocycles. The molecule has 2 saturated heterocycles. The fraction of sp³-hybridized carbons (Fsp3) is 1.00. The predicted octanol–water partition coefficient (Wildman–Crippen LogP) is 0.464. The Balaban J connectivity index is 1.80. The van der Waals surface area contributed by atoms with E-state index in [1.165, 1.54) is 19.3 Å². The van der Waals surface area contributed by atoms with Gasteiger partial charge in [-0.3, -0.25) is 5.32 Å². The van der Waals surface area contributed by atoms with Crippen molar-refractivity contribution in [2.75, 3.05) is 19.7 Å². The Bertz CT molecular complexity index is 112. The SMILES string of the molecule is C1CCC(C2NCCCO2)NC1. The van der Waals surface area contributed by atoms with Crippen LogP contribution in [0.15, 0.2) is 0 Å². The molecule has 2 atom stereocenters. The minimum Gasteiger partial charge on any atom is -0.362 e. The molecule has 2 aliphatic heterocycles. The third kappa shape index (κ3) is 1.97. The van der Waals surface area contributed by atoms with Crippen molar-refractivity contribution < 1.29 is 4.74 Å². The molecule has 3 nitrogen and oxygen atoms in total. The molecular weight excluding hydrogens is 152 g/mol. The Morgan fingerprint density at radius 3 is 2.58 bits per heavy atom. The van der Waals surface area contributed by atoms with Crippen molar-refractivity contribution in [3.63, 3.8) is 0 Å². The zero-order valence-electron chi connectivity index (χ0n) is 7.51. The van der Waals surface area contributed by atoms with Gasteiger partial charge in [0.2, 0.25) is 0 Å². The number of ether oxygens (including phenoxy) is 1. The standard InChI is InChI=1S/C9H18N2O/c1-2-5-10-8(4-1)9-11-6-3-7-12-9/h8-11H,1-7H2. The number of nitrogens with one attached hydrogen (secondary N) is 2. The molecule has 0 aliphatic carbocycles. The van der Waals surface area contributed by atoms with Crippen molar-refractivity contribution in [2.24, 2.45) is 0 Å². The number of rotatable bonds is 1. The van der Waals surface area contributed by atoms with E-state index in [0.717, 1.165) is 26.1 Å². The van der Waals surface area contributed by atoms with Crippen molar-refractivity contribution in [1.29, 1.82) is 0 Å². The summed E-state index contributed by atoms with van der Waals surface area (Å²) in [5.74, 6) is 0. The van der Waals surface area contributed by atoms with Gasteiger partial charge in [-0.25, -0.2) is 0 Å². The van der Waals surface area contributed by atoms with Gasteiger partial charge in [0.1, 0.15) is 6.23 Å². The van der Waals surface area contributed by atoms with Crippen LogP contribution in [0, 0.1) is 0 Å². The molecule has 2 aliphatic rings. The van der Waals surface area contributed by atoms with Gasteiger partial charge < -0.3 is 10.1 Å². The van der Waals surface area contributed by atoms with Crippen molar-refractivity contribution in [2.45, 2.75) is 38.0 Å². The lowest BCUT2D eigenvalue weighted by Crippen LogP contribution is -2.53. The van der Waals surface area contributed by atoms with E-state index in [1.54, 1.807) is 0 Å². The second-order valence-electron chi connectivity index (χ2n) is 3.66. The monoisotopic (exact) mass is 170 g/mol. The molecule has 0 radical (unpaired) electrons. The Hall–Kier alpha value is -0.120. The lowest BCUT2D eigenvalue weighted by molar-refractivity contribution is -0.0274. The van der Waals surface area contributed by atoms with E-state index in [2.05, 4.69) is 10.6 Å². The highest BCUT2D eigenvalue weighted by Crippen LogP contribution is 2.13. The highest BCUT2D eigenvalue weighted by Gasteiger charge is 2.24. The van der Waals surface area contributed by atoms with E-state index < -0.39 is 0 Å². The molecule has 2 rings (SSSR count). The molecule has 2 fully saturated rings. The first-order valence-corrected chi connectivity index (χ1v) is 5.05. The van der Waals surface area contributed by atoms with E-state index in [4.69, 9.17) is 4.74 Å². The lowest BCUT2D eigenvalue weighted by Gasteiger charge is -2.34. The van der Waals surface area contributed by atoms with Crippen LogP contribution in [0.2, 0.25) is 0 Å². The summed E-state index contributed by atoms with van der Waals surface area (Å²) in [5.41, 5.74) is 0. The molecule has 3 heteroatoms. The van der Waals surface area contributed by atoms with E-state index in [0.29, 0.717) is 6.04 Å². The van der Waals surface area contributed by atoms with E-state index in [1.807, 2.05) is 0 Å². The molecule has 0 bridgehead atoms. The van der Waals surface area contributed by atoms with Gasteiger partial charge in [-0.2, -0.15) is 0 Å². The zero-order valence-corrected chi connectivity index (χ0v) is 7.51. The zero-order chi connectivity index (χ0) is 8.23. The average molecular weight is 170 g/mol. The van der Waals surface area contributed by atoms with E-state index in [-0.39, 0.29) is 6.23 Å². The summed E-state index contributed by atoms with van der Waals surface area (Å²) in [6.07, 6.45) is 5.36. The second-order valence-corrected chi connectivity index (χ2v) is 3.66. The van der Waals surface area contributed by atoms with Crippen molar-refractivity contribution >= 4 is 0 Å². The summed E-state index contributed by atoms with van der Waals surface area (Å²) in [7, 11) is 0. The summed E-state index contributed by atoms with van der Waals surface area (Å²) < 4.78 is 5.64. The van der Waals surface area contributed by atoms with Gasteiger partial charge in [0.25, 0.3) is 0 Å². The van der Waals surface area contributed by atoms with Gasteiger partial charge in [0.05, 0.1) is 0 Å².